The van der Waals surface area contributed by atoms with Crippen LogP contribution < -0.4 is 0 Å². The van der Waals surface area contributed by atoms with Gasteiger partial charge in [0.05, 0.1) is 12.0 Å². The van der Waals surface area contributed by atoms with Crippen molar-refractivity contribution in [1.29, 1.82) is 0 Å². The summed E-state index contributed by atoms with van der Waals surface area (Å²) in [5.74, 6) is -1.02. The minimum atomic E-state index is -1.73. The molecule has 0 aromatic carbocycles. The lowest BCUT2D eigenvalue weighted by atomic mass is 9.59. The highest BCUT2D eigenvalue weighted by molar-refractivity contribution is 5.95. The number of ether oxygens (including phenoxy) is 3. The minimum Gasteiger partial charge on any atom is -0.455 e. The molecule has 4 aliphatic carbocycles. The molecule has 1 N–H and O–H groups in total. The Kier molecular flexibility index (Phi) is 10.5. The van der Waals surface area contributed by atoms with Crippen LogP contribution in [-0.2, 0) is 23.8 Å². The molecule has 2 bridgehead atoms. The third-order valence-corrected chi connectivity index (χ3v) is 12.4. The maximum absolute atomic E-state index is 14.8. The fraction of sp³-hybridized carbons (Fsp3) is 0.846. The van der Waals surface area contributed by atoms with Gasteiger partial charge in [0.2, 0.25) is 0 Å². The number of allylic oxidation sites excluding steroid dienone is 1. The van der Waals surface area contributed by atoms with E-state index < -0.39 is 29.0 Å². The molecular formula is C39H62O6. The van der Waals surface area contributed by atoms with E-state index in [4.69, 9.17) is 14.2 Å². The van der Waals surface area contributed by atoms with Gasteiger partial charge in [-0.25, -0.2) is 0 Å². The molecular weight excluding hydrogens is 564 g/mol. The number of hydrogen-bond donors (Lipinski definition) is 1. The zero-order valence-corrected chi connectivity index (χ0v) is 29.4. The number of aliphatic hydroxyl groups is 1. The molecule has 0 aromatic rings. The summed E-state index contributed by atoms with van der Waals surface area (Å²) in [5.41, 5.74) is -1.31. The highest BCUT2D eigenvalue weighted by Gasteiger charge is 2.77. The minimum absolute atomic E-state index is 0.0493. The standard InChI is InChI=1S/C39H62O6/c1-8-9-10-11-12-13-14-15-16-17-18-19-20-21-31(40)44-34-26(2)24-38-27(3)22-30-32(36(30,4)5)29(33(38)41)23-28-25-43-37(6,7)45-35(28)39(34,38)42/h23-24,27,29-30,32,34-35,42H,8-22,25H2,1-7H3/t27-,29+,30-,32+,34+,35-,38+,39-/m1/s1. The second-order valence-electron chi connectivity index (χ2n) is 16.4. The van der Waals surface area contributed by atoms with Crippen LogP contribution in [0.25, 0.3) is 0 Å². The summed E-state index contributed by atoms with van der Waals surface area (Å²) in [4.78, 5) is 28.2. The Morgan fingerprint density at radius 1 is 0.956 bits per heavy atom. The van der Waals surface area contributed by atoms with E-state index >= 15 is 0 Å². The van der Waals surface area contributed by atoms with Crippen molar-refractivity contribution in [3.63, 3.8) is 0 Å². The van der Waals surface area contributed by atoms with E-state index in [2.05, 4.69) is 33.8 Å². The molecule has 1 aliphatic heterocycles. The molecule has 0 radical (unpaired) electrons. The van der Waals surface area contributed by atoms with Crippen molar-refractivity contribution in [3.8, 4) is 0 Å². The Bertz CT molecular complexity index is 1150. The maximum atomic E-state index is 14.8. The highest BCUT2D eigenvalue weighted by atomic mass is 16.7. The topological polar surface area (TPSA) is 82.1 Å². The molecule has 6 heteroatoms. The Morgan fingerprint density at radius 2 is 1.53 bits per heavy atom. The van der Waals surface area contributed by atoms with Crippen LogP contribution in [0.5, 0.6) is 0 Å². The molecule has 254 valence electrons. The summed E-state index contributed by atoms with van der Waals surface area (Å²) in [7, 11) is 0. The largest absolute Gasteiger partial charge is 0.455 e. The zero-order valence-electron chi connectivity index (χ0n) is 29.4. The average molecular weight is 627 g/mol. The van der Waals surface area contributed by atoms with Crippen LogP contribution >= 0.6 is 0 Å². The fourth-order valence-corrected chi connectivity index (χ4v) is 9.78. The third-order valence-electron chi connectivity index (χ3n) is 12.4. The summed E-state index contributed by atoms with van der Waals surface area (Å²) >= 11 is 0. The number of carbonyl (C=O) groups is 2. The first-order chi connectivity index (χ1) is 21.3. The molecule has 1 heterocycles. The first-order valence-electron chi connectivity index (χ1n) is 18.5. The Labute approximate surface area is 273 Å². The average Bonchev–Trinajstić information content (AvgIpc) is 3.47. The van der Waals surface area contributed by atoms with Crippen LogP contribution in [-0.4, -0.2) is 47.1 Å². The normalized spacial score (nSPS) is 37.4. The predicted octanol–water partition coefficient (Wildman–Crippen LogP) is 8.65. The van der Waals surface area contributed by atoms with Gasteiger partial charge in [0.15, 0.2) is 23.3 Å². The van der Waals surface area contributed by atoms with E-state index in [-0.39, 0.29) is 41.5 Å². The van der Waals surface area contributed by atoms with Crippen molar-refractivity contribution < 1.29 is 28.9 Å². The lowest BCUT2D eigenvalue weighted by molar-refractivity contribution is -0.304. The molecule has 0 unspecified atom stereocenters. The number of hydrogen-bond acceptors (Lipinski definition) is 6. The van der Waals surface area contributed by atoms with Crippen LogP contribution in [0.1, 0.15) is 145 Å². The van der Waals surface area contributed by atoms with Gasteiger partial charge in [0, 0.05) is 12.3 Å². The summed E-state index contributed by atoms with van der Waals surface area (Å²) in [6.07, 6.45) is 19.6. The molecule has 5 rings (SSSR count). The van der Waals surface area contributed by atoms with Crippen LogP contribution in [0.3, 0.4) is 0 Å². The fourth-order valence-electron chi connectivity index (χ4n) is 9.78. The lowest BCUT2D eigenvalue weighted by Gasteiger charge is -2.52. The first kappa shape index (κ1) is 34.8. The van der Waals surface area contributed by atoms with E-state index in [0.717, 1.165) is 36.8 Å². The van der Waals surface area contributed by atoms with Crippen molar-refractivity contribution >= 4 is 11.8 Å². The Hall–Kier alpha value is -1.50. The summed E-state index contributed by atoms with van der Waals surface area (Å²) in [5, 5.41) is 13.1. The summed E-state index contributed by atoms with van der Waals surface area (Å²) in [6.45, 7) is 14.8. The molecule has 0 aromatic heterocycles. The maximum Gasteiger partial charge on any atom is 0.306 e. The van der Waals surface area contributed by atoms with Gasteiger partial charge in [-0.1, -0.05) is 117 Å². The molecule has 3 fully saturated rings. The van der Waals surface area contributed by atoms with E-state index in [1.165, 1.54) is 64.2 Å². The molecule has 8 atom stereocenters. The van der Waals surface area contributed by atoms with Gasteiger partial charge in [-0.2, -0.15) is 0 Å². The second kappa shape index (κ2) is 13.5. The number of ketones is 1. The second-order valence-corrected chi connectivity index (χ2v) is 16.4. The zero-order chi connectivity index (χ0) is 32.6. The molecule has 1 spiro atoms. The van der Waals surface area contributed by atoms with Gasteiger partial charge in [0.1, 0.15) is 6.10 Å². The first-order valence-corrected chi connectivity index (χ1v) is 18.5. The van der Waals surface area contributed by atoms with Crippen molar-refractivity contribution in [2.24, 2.45) is 34.5 Å². The summed E-state index contributed by atoms with van der Waals surface area (Å²) < 4.78 is 18.8. The Balaban J connectivity index is 1.22. The van der Waals surface area contributed by atoms with E-state index in [0.29, 0.717) is 12.3 Å². The van der Waals surface area contributed by atoms with Gasteiger partial charge < -0.3 is 19.3 Å². The van der Waals surface area contributed by atoms with Gasteiger partial charge in [-0.15, -0.1) is 0 Å². The van der Waals surface area contributed by atoms with Crippen LogP contribution in [0.2, 0.25) is 0 Å². The van der Waals surface area contributed by atoms with Crippen molar-refractivity contribution in [2.45, 2.75) is 168 Å². The van der Waals surface area contributed by atoms with Gasteiger partial charge in [0.25, 0.3) is 0 Å². The lowest BCUT2D eigenvalue weighted by Crippen LogP contribution is -2.68. The van der Waals surface area contributed by atoms with Crippen molar-refractivity contribution in [3.05, 3.63) is 23.3 Å². The van der Waals surface area contributed by atoms with Gasteiger partial charge in [-0.3, -0.25) is 9.59 Å². The van der Waals surface area contributed by atoms with Crippen LogP contribution in [0, 0.1) is 34.5 Å². The van der Waals surface area contributed by atoms with E-state index in [1.54, 1.807) is 0 Å². The van der Waals surface area contributed by atoms with Crippen molar-refractivity contribution in [2.75, 3.05) is 6.61 Å². The van der Waals surface area contributed by atoms with Crippen molar-refractivity contribution in [1.82, 2.24) is 0 Å². The van der Waals surface area contributed by atoms with Gasteiger partial charge in [-0.05, 0) is 67.9 Å². The molecule has 6 nitrogen and oxygen atoms in total. The number of carbonyl (C=O) groups excluding carboxylic acids is 2. The number of esters is 1. The highest BCUT2D eigenvalue weighted by Crippen LogP contribution is 2.72. The van der Waals surface area contributed by atoms with E-state index in [1.807, 2.05) is 26.8 Å². The predicted molar refractivity (Wildman–Crippen MR) is 177 cm³/mol. The SMILES string of the molecule is CCCCCCCCCCCCCCCC(=O)O[C@H]1C(C)=C[C@]23C(=O)[C@@H](C=C4COC(C)(C)O[C@H]4[C@]12O)[C@H]1[C@@H](C[C@H]3C)C1(C)C. The monoisotopic (exact) mass is 626 g/mol. The Morgan fingerprint density at radius 3 is 2.13 bits per heavy atom. The molecule has 45 heavy (non-hydrogen) atoms. The number of Topliss-reactive ketones (excluding diaryl/α,β-unsaturated/α-hetero) is 1. The third kappa shape index (κ3) is 6.38. The number of unbranched alkanes of at least 4 members (excludes halogenated alkanes) is 12. The summed E-state index contributed by atoms with van der Waals surface area (Å²) in [6, 6.07) is 0. The van der Waals surface area contributed by atoms with Crippen LogP contribution in [0.15, 0.2) is 23.3 Å². The van der Waals surface area contributed by atoms with E-state index in [9.17, 15) is 14.7 Å². The van der Waals surface area contributed by atoms with Gasteiger partial charge >= 0.3 is 5.97 Å². The number of fused-ring (bicyclic) bond motifs is 5. The quantitative estimate of drug-likeness (QED) is 0.111. The number of rotatable bonds is 15. The molecule has 2 saturated carbocycles. The molecule has 1 saturated heterocycles. The molecule has 0 amide bonds. The smallest absolute Gasteiger partial charge is 0.306 e. The van der Waals surface area contributed by atoms with Crippen LogP contribution in [0.4, 0.5) is 0 Å². The molecule has 5 aliphatic rings.